The number of anilines is 1. The summed E-state index contributed by atoms with van der Waals surface area (Å²) < 4.78 is 0. The average Bonchev–Trinajstić information content (AvgIpc) is 2.95. The maximum atomic E-state index is 11.1. The molecule has 1 aliphatic rings. The number of aromatic nitrogens is 1. The minimum atomic E-state index is -0.782. The van der Waals surface area contributed by atoms with Gasteiger partial charge in [0.2, 0.25) is 0 Å². The maximum absolute atomic E-state index is 11.1. The molecule has 0 fully saturated rings. The Labute approximate surface area is 125 Å². The molecule has 1 unspecified atom stereocenters. The van der Waals surface area contributed by atoms with Gasteiger partial charge in [-0.05, 0) is 30.5 Å². The molecule has 0 bridgehead atoms. The summed E-state index contributed by atoms with van der Waals surface area (Å²) in [6, 6.07) is 7.62. The molecule has 0 amide bonds. The predicted molar refractivity (Wildman–Crippen MR) is 79.6 cm³/mol. The Balaban J connectivity index is 1.71. The monoisotopic (exact) mass is 308 g/mol. The molecule has 0 radical (unpaired) electrons. The lowest BCUT2D eigenvalue weighted by atomic mass is 10.1. The summed E-state index contributed by atoms with van der Waals surface area (Å²) in [5, 5.41) is 13.9. The number of nitrogens with one attached hydrogen (secondary N) is 1. The highest BCUT2D eigenvalue weighted by Crippen LogP contribution is 2.38. The van der Waals surface area contributed by atoms with Gasteiger partial charge in [0.15, 0.2) is 5.13 Å². The van der Waals surface area contributed by atoms with Crippen LogP contribution in [0.3, 0.4) is 0 Å². The zero-order valence-electron chi connectivity index (χ0n) is 10.6. The van der Waals surface area contributed by atoms with Crippen molar-refractivity contribution in [3.8, 4) is 0 Å². The van der Waals surface area contributed by atoms with Crippen LogP contribution in [0.1, 0.15) is 28.5 Å². The predicted octanol–water partition coefficient (Wildman–Crippen LogP) is 3.52. The molecule has 1 aliphatic carbocycles. The van der Waals surface area contributed by atoms with Crippen LogP contribution in [0.4, 0.5) is 5.13 Å². The third-order valence-electron chi connectivity index (χ3n) is 3.35. The molecule has 6 heteroatoms. The summed E-state index contributed by atoms with van der Waals surface area (Å²) in [7, 11) is 0. The second-order valence-corrected chi connectivity index (χ2v) is 6.26. The van der Waals surface area contributed by atoms with E-state index in [4.69, 9.17) is 16.7 Å². The number of carbonyl (C=O) groups is 1. The van der Waals surface area contributed by atoms with Gasteiger partial charge in [0.25, 0.3) is 0 Å². The summed E-state index contributed by atoms with van der Waals surface area (Å²) in [5.74, 6) is -1.22. The average molecular weight is 309 g/mol. The van der Waals surface area contributed by atoms with Crippen molar-refractivity contribution in [3.05, 3.63) is 45.4 Å². The molecule has 104 valence electrons. The van der Waals surface area contributed by atoms with Gasteiger partial charge >= 0.3 is 5.97 Å². The Morgan fingerprint density at radius 3 is 3.15 bits per heavy atom. The highest BCUT2D eigenvalue weighted by molar-refractivity contribution is 7.15. The normalized spacial score (nSPS) is 16.9. The Kier molecular flexibility index (Phi) is 3.63. The highest BCUT2D eigenvalue weighted by Gasteiger charge is 2.32. The first-order valence-corrected chi connectivity index (χ1v) is 7.53. The number of hydrogen-bond acceptors (Lipinski definition) is 4. The van der Waals surface area contributed by atoms with Gasteiger partial charge in [0.05, 0.1) is 5.69 Å². The topological polar surface area (TPSA) is 62.2 Å². The van der Waals surface area contributed by atoms with Crippen LogP contribution in [0.15, 0.2) is 24.3 Å². The molecule has 0 saturated heterocycles. The number of rotatable bonds is 4. The molecule has 1 heterocycles. The Hall–Kier alpha value is -1.59. The van der Waals surface area contributed by atoms with Gasteiger partial charge in [-0.25, -0.2) is 4.98 Å². The number of fused-ring (bicyclic) bond motifs is 1. The first-order chi connectivity index (χ1) is 9.63. The molecule has 0 aliphatic heterocycles. The number of nitrogens with zero attached hydrogens (tertiary/aromatic N) is 1. The molecule has 20 heavy (non-hydrogen) atoms. The quantitative estimate of drug-likeness (QED) is 0.907. The van der Waals surface area contributed by atoms with Crippen LogP contribution >= 0.6 is 22.9 Å². The second kappa shape index (κ2) is 5.42. The molecule has 2 aromatic rings. The van der Waals surface area contributed by atoms with Crippen molar-refractivity contribution in [2.45, 2.75) is 25.3 Å². The summed E-state index contributed by atoms with van der Waals surface area (Å²) in [5.41, 5.74) is 1.80. The van der Waals surface area contributed by atoms with E-state index in [1.165, 1.54) is 0 Å². The van der Waals surface area contributed by atoms with Gasteiger partial charge in [-0.1, -0.05) is 23.7 Å². The van der Waals surface area contributed by atoms with Crippen LogP contribution in [0.25, 0.3) is 0 Å². The van der Waals surface area contributed by atoms with Gasteiger partial charge in [-0.15, -0.1) is 11.3 Å². The fourth-order valence-corrected chi connectivity index (χ4v) is 3.61. The van der Waals surface area contributed by atoms with E-state index in [9.17, 15) is 4.79 Å². The van der Waals surface area contributed by atoms with Gasteiger partial charge in [0, 0.05) is 16.4 Å². The molecule has 1 atom stereocenters. The van der Waals surface area contributed by atoms with Crippen LogP contribution in [0.5, 0.6) is 0 Å². The first kappa shape index (κ1) is 13.4. The van der Waals surface area contributed by atoms with Crippen molar-refractivity contribution in [1.82, 2.24) is 4.98 Å². The molecule has 1 aromatic carbocycles. The number of carboxylic acid groups (broad SMARTS) is 1. The number of hydrogen-bond donors (Lipinski definition) is 2. The molecule has 0 spiro atoms. The molecular formula is C14H13ClN2O2S. The lowest BCUT2D eigenvalue weighted by molar-refractivity contribution is -0.138. The number of aliphatic carboxylic acids is 1. The lowest BCUT2D eigenvalue weighted by Crippen LogP contribution is -2.09. The first-order valence-electron chi connectivity index (χ1n) is 6.34. The zero-order valence-corrected chi connectivity index (χ0v) is 12.2. The number of benzene rings is 1. The van der Waals surface area contributed by atoms with Gasteiger partial charge in [0.1, 0.15) is 5.92 Å². The van der Waals surface area contributed by atoms with Crippen molar-refractivity contribution in [1.29, 1.82) is 0 Å². The van der Waals surface area contributed by atoms with Gasteiger partial charge in [-0.2, -0.15) is 0 Å². The van der Waals surface area contributed by atoms with E-state index in [1.807, 2.05) is 24.3 Å². The summed E-state index contributed by atoms with van der Waals surface area (Å²) >= 11 is 7.48. The third kappa shape index (κ3) is 2.64. The second-order valence-electron chi connectivity index (χ2n) is 4.74. The lowest BCUT2D eigenvalue weighted by Gasteiger charge is -2.04. The van der Waals surface area contributed by atoms with E-state index in [2.05, 4.69) is 10.3 Å². The number of thiazole rings is 1. The standard InChI is InChI=1S/C14H13ClN2O2S/c15-9-3-1-2-8(6-9)7-16-14-17-12-10(13(18)19)4-5-11(12)20-14/h1-3,6,10H,4-5,7H2,(H,16,17)(H,18,19). The van der Waals surface area contributed by atoms with E-state index in [0.717, 1.165) is 27.7 Å². The van der Waals surface area contributed by atoms with E-state index >= 15 is 0 Å². The van der Waals surface area contributed by atoms with Crippen LogP contribution in [-0.2, 0) is 17.8 Å². The van der Waals surface area contributed by atoms with Gasteiger partial charge < -0.3 is 10.4 Å². The van der Waals surface area contributed by atoms with Crippen LogP contribution in [-0.4, -0.2) is 16.1 Å². The summed E-state index contributed by atoms with van der Waals surface area (Å²) in [6.45, 7) is 0.630. The SMILES string of the molecule is O=C(O)C1CCc2sc(NCc3cccc(Cl)c3)nc21. The Morgan fingerprint density at radius 2 is 2.40 bits per heavy atom. The van der Waals surface area contributed by atoms with Crippen LogP contribution < -0.4 is 5.32 Å². The zero-order chi connectivity index (χ0) is 14.1. The van der Waals surface area contributed by atoms with Crippen molar-refractivity contribution in [2.75, 3.05) is 5.32 Å². The molecule has 1 aromatic heterocycles. The molecular weight excluding hydrogens is 296 g/mol. The van der Waals surface area contributed by atoms with E-state index in [-0.39, 0.29) is 0 Å². The largest absolute Gasteiger partial charge is 0.481 e. The molecule has 4 nitrogen and oxygen atoms in total. The van der Waals surface area contributed by atoms with E-state index in [1.54, 1.807) is 11.3 Å². The van der Waals surface area contributed by atoms with Crippen LogP contribution in [0, 0.1) is 0 Å². The van der Waals surface area contributed by atoms with Crippen molar-refractivity contribution >= 4 is 34.0 Å². The van der Waals surface area contributed by atoms with E-state index < -0.39 is 11.9 Å². The Morgan fingerprint density at radius 1 is 1.55 bits per heavy atom. The van der Waals surface area contributed by atoms with Crippen molar-refractivity contribution in [3.63, 3.8) is 0 Å². The Bertz CT molecular complexity index is 656. The van der Waals surface area contributed by atoms with Crippen molar-refractivity contribution < 1.29 is 9.90 Å². The molecule has 3 rings (SSSR count). The minimum absolute atomic E-state index is 0.442. The fourth-order valence-electron chi connectivity index (χ4n) is 2.37. The smallest absolute Gasteiger partial charge is 0.312 e. The van der Waals surface area contributed by atoms with Crippen molar-refractivity contribution in [2.24, 2.45) is 0 Å². The fraction of sp³-hybridized carbons (Fsp3) is 0.286. The number of carboxylic acids is 1. The summed E-state index contributed by atoms with van der Waals surface area (Å²) in [6.07, 6.45) is 1.47. The van der Waals surface area contributed by atoms with Gasteiger partial charge in [-0.3, -0.25) is 4.79 Å². The van der Waals surface area contributed by atoms with Crippen LogP contribution in [0.2, 0.25) is 5.02 Å². The van der Waals surface area contributed by atoms with E-state index in [0.29, 0.717) is 18.0 Å². The highest BCUT2D eigenvalue weighted by atomic mass is 35.5. The third-order valence-corrected chi connectivity index (χ3v) is 4.67. The molecule has 0 saturated carbocycles. The summed E-state index contributed by atoms with van der Waals surface area (Å²) in [4.78, 5) is 16.6. The number of halogens is 1. The minimum Gasteiger partial charge on any atom is -0.481 e. The number of aryl methyl sites for hydroxylation is 1. The maximum Gasteiger partial charge on any atom is 0.312 e. The molecule has 2 N–H and O–H groups in total.